The van der Waals surface area contributed by atoms with E-state index in [1.54, 1.807) is 6.20 Å². The highest BCUT2D eigenvalue weighted by molar-refractivity contribution is 5.59. The van der Waals surface area contributed by atoms with Crippen LogP contribution < -0.4 is 5.73 Å². The molecule has 1 atom stereocenters. The molecule has 0 aliphatic heterocycles. The molecule has 0 aliphatic rings. The number of aromatic nitrogens is 3. The van der Waals surface area contributed by atoms with Crippen LogP contribution in [0, 0.1) is 6.92 Å². The highest BCUT2D eigenvalue weighted by Crippen LogP contribution is 2.21. The fraction of sp³-hybridized carbons (Fsp3) is 0.357. The Morgan fingerprint density at radius 2 is 2.11 bits per heavy atom. The molecule has 94 valence electrons. The van der Waals surface area contributed by atoms with E-state index in [9.17, 15) is 0 Å². The topological polar surface area (TPSA) is 64.7 Å². The van der Waals surface area contributed by atoms with Gasteiger partial charge in [-0.2, -0.15) is 0 Å². The molecule has 2 rings (SSSR count). The summed E-state index contributed by atoms with van der Waals surface area (Å²) in [5, 5.41) is 0. The molecule has 18 heavy (non-hydrogen) atoms. The normalized spacial score (nSPS) is 12.4. The maximum Gasteiger partial charge on any atom is 0.159 e. The molecule has 0 bridgehead atoms. The standard InChI is InChI=1S/C14H18N4/c1-4-11-7-16-6-5-12(11)14-17-8-13(9(2)15)10(3)18-14/h5-9H,4,15H2,1-3H3/t9-/m1/s1. The largest absolute Gasteiger partial charge is 0.324 e. The fourth-order valence-corrected chi connectivity index (χ4v) is 1.98. The van der Waals surface area contributed by atoms with Gasteiger partial charge in [-0.05, 0) is 31.9 Å². The minimum absolute atomic E-state index is 0.0397. The van der Waals surface area contributed by atoms with Crippen molar-refractivity contribution < 1.29 is 0 Å². The lowest BCUT2D eigenvalue weighted by molar-refractivity contribution is 0.790. The van der Waals surface area contributed by atoms with Gasteiger partial charge in [0, 0.05) is 41.5 Å². The molecule has 0 fully saturated rings. The monoisotopic (exact) mass is 242 g/mol. The van der Waals surface area contributed by atoms with Crippen molar-refractivity contribution >= 4 is 0 Å². The van der Waals surface area contributed by atoms with Gasteiger partial charge >= 0.3 is 0 Å². The Hall–Kier alpha value is -1.81. The molecule has 4 heteroatoms. The Labute approximate surface area is 107 Å². The molecular formula is C14H18N4. The van der Waals surface area contributed by atoms with E-state index < -0.39 is 0 Å². The SMILES string of the molecule is CCc1cnccc1-c1ncc([C@@H](C)N)c(C)n1. The lowest BCUT2D eigenvalue weighted by atomic mass is 10.1. The van der Waals surface area contributed by atoms with E-state index in [4.69, 9.17) is 5.73 Å². The van der Waals surface area contributed by atoms with Gasteiger partial charge in [0.2, 0.25) is 0 Å². The van der Waals surface area contributed by atoms with E-state index in [0.29, 0.717) is 0 Å². The number of nitrogens with two attached hydrogens (primary N) is 1. The van der Waals surface area contributed by atoms with Crippen LogP contribution in [-0.2, 0) is 6.42 Å². The first-order valence-corrected chi connectivity index (χ1v) is 6.15. The predicted molar refractivity (Wildman–Crippen MR) is 72.0 cm³/mol. The Morgan fingerprint density at radius 1 is 1.33 bits per heavy atom. The van der Waals surface area contributed by atoms with Crippen molar-refractivity contribution in [3.8, 4) is 11.4 Å². The zero-order valence-corrected chi connectivity index (χ0v) is 11.0. The summed E-state index contributed by atoms with van der Waals surface area (Å²) in [6.07, 6.45) is 6.38. The molecule has 2 heterocycles. The van der Waals surface area contributed by atoms with Gasteiger partial charge in [0.05, 0.1) is 0 Å². The predicted octanol–water partition coefficient (Wildman–Crippen LogP) is 2.43. The highest BCUT2D eigenvalue weighted by Gasteiger charge is 2.10. The van der Waals surface area contributed by atoms with Gasteiger partial charge in [-0.25, -0.2) is 9.97 Å². The van der Waals surface area contributed by atoms with Gasteiger partial charge in [-0.15, -0.1) is 0 Å². The van der Waals surface area contributed by atoms with Crippen LogP contribution >= 0.6 is 0 Å². The van der Waals surface area contributed by atoms with Crippen LogP contribution in [-0.4, -0.2) is 15.0 Å². The summed E-state index contributed by atoms with van der Waals surface area (Å²) in [4.78, 5) is 13.1. The summed E-state index contributed by atoms with van der Waals surface area (Å²) in [7, 11) is 0. The number of hydrogen-bond donors (Lipinski definition) is 1. The molecular weight excluding hydrogens is 224 g/mol. The van der Waals surface area contributed by atoms with Gasteiger partial charge < -0.3 is 5.73 Å². The van der Waals surface area contributed by atoms with Crippen LogP contribution in [0.5, 0.6) is 0 Å². The minimum Gasteiger partial charge on any atom is -0.324 e. The first kappa shape index (κ1) is 12.6. The second-order valence-corrected chi connectivity index (χ2v) is 4.41. The van der Waals surface area contributed by atoms with Crippen molar-refractivity contribution in [3.05, 3.63) is 41.5 Å². The van der Waals surface area contributed by atoms with Crippen molar-refractivity contribution in [1.82, 2.24) is 15.0 Å². The van der Waals surface area contributed by atoms with E-state index in [1.165, 1.54) is 0 Å². The Kier molecular flexibility index (Phi) is 3.67. The second-order valence-electron chi connectivity index (χ2n) is 4.41. The van der Waals surface area contributed by atoms with Gasteiger partial charge in [0.1, 0.15) is 0 Å². The summed E-state index contributed by atoms with van der Waals surface area (Å²) in [6, 6.07) is 1.92. The van der Waals surface area contributed by atoms with E-state index in [-0.39, 0.29) is 6.04 Å². The molecule has 2 aromatic heterocycles. The van der Waals surface area contributed by atoms with Gasteiger partial charge in [-0.3, -0.25) is 4.98 Å². The summed E-state index contributed by atoms with van der Waals surface area (Å²) in [5.41, 5.74) is 10.0. The first-order chi connectivity index (χ1) is 8.63. The Balaban J connectivity index is 2.49. The molecule has 4 nitrogen and oxygen atoms in total. The molecule has 0 radical (unpaired) electrons. The van der Waals surface area contributed by atoms with Crippen LogP contribution in [0.15, 0.2) is 24.7 Å². The molecule has 0 unspecified atom stereocenters. The van der Waals surface area contributed by atoms with E-state index in [2.05, 4.69) is 21.9 Å². The molecule has 0 aliphatic carbocycles. The average molecular weight is 242 g/mol. The maximum absolute atomic E-state index is 5.87. The highest BCUT2D eigenvalue weighted by atomic mass is 14.9. The molecule has 0 amide bonds. The zero-order chi connectivity index (χ0) is 13.1. The van der Waals surface area contributed by atoms with Crippen LogP contribution in [0.3, 0.4) is 0 Å². The average Bonchev–Trinajstić information content (AvgIpc) is 2.38. The van der Waals surface area contributed by atoms with Crippen molar-refractivity contribution in [2.75, 3.05) is 0 Å². The Morgan fingerprint density at radius 3 is 2.72 bits per heavy atom. The lowest BCUT2D eigenvalue weighted by Crippen LogP contribution is -2.09. The zero-order valence-electron chi connectivity index (χ0n) is 11.0. The number of pyridine rings is 1. The summed E-state index contributed by atoms with van der Waals surface area (Å²) in [6.45, 7) is 6.01. The van der Waals surface area contributed by atoms with Crippen LogP contribution in [0.2, 0.25) is 0 Å². The van der Waals surface area contributed by atoms with E-state index in [0.717, 1.165) is 34.6 Å². The van der Waals surface area contributed by atoms with Crippen LogP contribution in [0.1, 0.15) is 36.7 Å². The molecule has 0 saturated carbocycles. The number of aryl methyl sites for hydroxylation is 2. The molecule has 2 aromatic rings. The van der Waals surface area contributed by atoms with Crippen molar-refractivity contribution in [2.24, 2.45) is 5.73 Å². The number of hydrogen-bond acceptors (Lipinski definition) is 4. The van der Waals surface area contributed by atoms with Crippen molar-refractivity contribution in [3.63, 3.8) is 0 Å². The minimum atomic E-state index is -0.0397. The number of nitrogens with zero attached hydrogens (tertiary/aromatic N) is 3. The summed E-state index contributed by atoms with van der Waals surface area (Å²) in [5.74, 6) is 0.746. The maximum atomic E-state index is 5.87. The molecule has 0 aromatic carbocycles. The van der Waals surface area contributed by atoms with Crippen molar-refractivity contribution in [2.45, 2.75) is 33.2 Å². The van der Waals surface area contributed by atoms with Gasteiger partial charge in [0.15, 0.2) is 5.82 Å². The second kappa shape index (κ2) is 5.23. The molecule has 2 N–H and O–H groups in total. The van der Waals surface area contributed by atoms with Crippen LogP contribution in [0.4, 0.5) is 0 Å². The summed E-state index contributed by atoms with van der Waals surface area (Å²) < 4.78 is 0. The third-order valence-corrected chi connectivity index (χ3v) is 3.03. The van der Waals surface area contributed by atoms with Gasteiger partial charge in [-0.1, -0.05) is 6.92 Å². The van der Waals surface area contributed by atoms with Crippen LogP contribution in [0.25, 0.3) is 11.4 Å². The molecule has 0 spiro atoms. The smallest absolute Gasteiger partial charge is 0.159 e. The third-order valence-electron chi connectivity index (χ3n) is 3.03. The van der Waals surface area contributed by atoms with Crippen molar-refractivity contribution in [1.29, 1.82) is 0 Å². The quantitative estimate of drug-likeness (QED) is 0.897. The van der Waals surface area contributed by atoms with E-state index >= 15 is 0 Å². The number of rotatable bonds is 3. The first-order valence-electron chi connectivity index (χ1n) is 6.15. The lowest BCUT2D eigenvalue weighted by Gasteiger charge is -2.11. The van der Waals surface area contributed by atoms with E-state index in [1.807, 2.05) is 32.3 Å². The van der Waals surface area contributed by atoms with Gasteiger partial charge in [0.25, 0.3) is 0 Å². The Bertz CT molecular complexity index is 549. The third kappa shape index (κ3) is 2.38. The molecule has 0 saturated heterocycles. The summed E-state index contributed by atoms with van der Waals surface area (Å²) >= 11 is 0. The fourth-order valence-electron chi connectivity index (χ4n) is 1.98.